The Kier molecular flexibility index (Phi) is 5.84. The fraction of sp³-hybridized carbons (Fsp3) is 0.619. The van der Waals surface area contributed by atoms with Crippen molar-refractivity contribution in [3.8, 4) is 0 Å². The van der Waals surface area contributed by atoms with E-state index in [0.29, 0.717) is 5.92 Å². The maximum absolute atomic E-state index is 12.3. The Morgan fingerprint density at radius 2 is 1.79 bits per heavy atom. The number of benzene rings is 1. The molecule has 1 fully saturated rings. The first kappa shape index (κ1) is 18.7. The number of rotatable bonds is 5. The van der Waals surface area contributed by atoms with E-state index in [-0.39, 0.29) is 29.2 Å². The number of Topliss-reactive ketones (excluding diaryl/α,β-unsaturated/α-hetero) is 1. The van der Waals surface area contributed by atoms with E-state index in [9.17, 15) is 9.59 Å². The van der Waals surface area contributed by atoms with Gasteiger partial charge in [0, 0.05) is 5.92 Å². The number of ether oxygens (including phenoxy) is 1. The average Bonchev–Trinajstić information content (AvgIpc) is 2.54. The minimum Gasteiger partial charge on any atom is -0.462 e. The van der Waals surface area contributed by atoms with Crippen molar-refractivity contribution in [3.63, 3.8) is 0 Å². The van der Waals surface area contributed by atoms with Crippen molar-refractivity contribution >= 4 is 11.8 Å². The maximum atomic E-state index is 12.3. The van der Waals surface area contributed by atoms with Gasteiger partial charge in [0.15, 0.2) is 0 Å². The SMILES string of the molecule is CC(=O)[C@H](C)C(=O)O[C@@H]1C[C@H](C)CC[C@H]1C(C)(C)c1ccccc1. The van der Waals surface area contributed by atoms with Crippen molar-refractivity contribution in [1.29, 1.82) is 0 Å². The first-order valence-corrected chi connectivity index (χ1v) is 9.00. The van der Waals surface area contributed by atoms with E-state index in [1.165, 1.54) is 12.5 Å². The molecule has 0 saturated heterocycles. The van der Waals surface area contributed by atoms with Gasteiger partial charge in [0.05, 0.1) is 0 Å². The van der Waals surface area contributed by atoms with Gasteiger partial charge in [0.25, 0.3) is 0 Å². The summed E-state index contributed by atoms with van der Waals surface area (Å²) in [6, 6.07) is 10.4. The second-order valence-electron chi connectivity index (χ2n) is 7.92. The molecule has 132 valence electrons. The third-order valence-corrected chi connectivity index (χ3v) is 5.73. The number of carbonyl (C=O) groups excluding carboxylic acids is 2. The molecular weight excluding hydrogens is 300 g/mol. The van der Waals surface area contributed by atoms with Gasteiger partial charge in [-0.3, -0.25) is 9.59 Å². The lowest BCUT2D eigenvalue weighted by molar-refractivity contribution is -0.162. The van der Waals surface area contributed by atoms with Crippen LogP contribution in [-0.2, 0) is 19.7 Å². The van der Waals surface area contributed by atoms with Crippen molar-refractivity contribution < 1.29 is 14.3 Å². The molecule has 4 atom stereocenters. The second kappa shape index (κ2) is 7.50. The number of hydrogen-bond donors (Lipinski definition) is 0. The number of carbonyl (C=O) groups is 2. The summed E-state index contributed by atoms with van der Waals surface area (Å²) in [5, 5.41) is 0. The minimum atomic E-state index is -0.678. The van der Waals surface area contributed by atoms with Crippen LogP contribution in [0, 0.1) is 17.8 Å². The van der Waals surface area contributed by atoms with E-state index in [4.69, 9.17) is 4.74 Å². The van der Waals surface area contributed by atoms with E-state index >= 15 is 0 Å². The molecular formula is C21H30O3. The highest BCUT2D eigenvalue weighted by Gasteiger charge is 2.42. The number of hydrogen-bond acceptors (Lipinski definition) is 3. The molecule has 0 amide bonds. The van der Waals surface area contributed by atoms with Crippen LogP contribution < -0.4 is 0 Å². The summed E-state index contributed by atoms with van der Waals surface area (Å²) in [7, 11) is 0. The molecule has 1 aromatic carbocycles. The first-order valence-electron chi connectivity index (χ1n) is 9.00. The van der Waals surface area contributed by atoms with Crippen molar-refractivity contribution in [2.24, 2.45) is 17.8 Å². The number of ketones is 1. The molecule has 1 aliphatic rings. The normalized spacial score (nSPS) is 25.8. The Bertz CT molecular complexity index is 576. The summed E-state index contributed by atoms with van der Waals surface area (Å²) in [6.45, 7) is 9.76. The average molecular weight is 330 g/mol. The van der Waals surface area contributed by atoms with Gasteiger partial charge in [0.1, 0.15) is 17.8 Å². The molecule has 0 unspecified atom stereocenters. The molecule has 0 N–H and O–H groups in total. The lowest BCUT2D eigenvalue weighted by atomic mass is 9.64. The van der Waals surface area contributed by atoms with Crippen LogP contribution in [0.3, 0.4) is 0 Å². The minimum absolute atomic E-state index is 0.0776. The monoisotopic (exact) mass is 330 g/mol. The summed E-state index contributed by atoms with van der Waals surface area (Å²) in [5.41, 5.74) is 1.19. The van der Waals surface area contributed by atoms with Gasteiger partial charge in [-0.05, 0) is 43.6 Å². The zero-order valence-electron chi connectivity index (χ0n) is 15.5. The molecule has 24 heavy (non-hydrogen) atoms. The molecule has 0 aromatic heterocycles. The summed E-state index contributed by atoms with van der Waals surface area (Å²) < 4.78 is 5.85. The lowest BCUT2D eigenvalue weighted by Crippen LogP contribution is -2.44. The van der Waals surface area contributed by atoms with E-state index in [0.717, 1.165) is 19.3 Å². The molecule has 3 heteroatoms. The summed E-state index contributed by atoms with van der Waals surface area (Å²) in [5.74, 6) is -0.390. The Balaban J connectivity index is 2.22. The summed E-state index contributed by atoms with van der Waals surface area (Å²) in [4.78, 5) is 23.8. The Hall–Kier alpha value is -1.64. The van der Waals surface area contributed by atoms with Crippen LogP contribution in [0.25, 0.3) is 0 Å². The van der Waals surface area contributed by atoms with Crippen molar-refractivity contribution in [3.05, 3.63) is 35.9 Å². The van der Waals surface area contributed by atoms with Crippen LogP contribution in [0.5, 0.6) is 0 Å². The second-order valence-corrected chi connectivity index (χ2v) is 7.92. The van der Waals surface area contributed by atoms with Crippen LogP contribution in [0.1, 0.15) is 59.4 Å². The summed E-state index contributed by atoms with van der Waals surface area (Å²) >= 11 is 0. The zero-order valence-corrected chi connectivity index (χ0v) is 15.5. The van der Waals surface area contributed by atoms with E-state index in [1.54, 1.807) is 6.92 Å². The largest absolute Gasteiger partial charge is 0.462 e. The molecule has 1 aliphatic carbocycles. The summed E-state index contributed by atoms with van der Waals surface area (Å²) in [6.07, 6.45) is 2.93. The Labute approximate surface area is 145 Å². The van der Waals surface area contributed by atoms with Crippen molar-refractivity contribution in [2.45, 2.75) is 65.4 Å². The molecule has 1 aromatic rings. The Morgan fingerprint density at radius 3 is 2.38 bits per heavy atom. The van der Waals surface area contributed by atoms with Gasteiger partial charge < -0.3 is 4.74 Å². The quantitative estimate of drug-likeness (QED) is 0.588. The van der Waals surface area contributed by atoms with Gasteiger partial charge in [0.2, 0.25) is 0 Å². The Morgan fingerprint density at radius 1 is 1.17 bits per heavy atom. The van der Waals surface area contributed by atoms with Crippen LogP contribution in [-0.4, -0.2) is 17.9 Å². The molecule has 3 nitrogen and oxygen atoms in total. The molecule has 0 bridgehead atoms. The van der Waals surface area contributed by atoms with Crippen LogP contribution in [0.15, 0.2) is 30.3 Å². The van der Waals surface area contributed by atoms with Gasteiger partial charge in [-0.25, -0.2) is 0 Å². The predicted molar refractivity (Wildman–Crippen MR) is 95.7 cm³/mol. The highest BCUT2D eigenvalue weighted by atomic mass is 16.5. The molecule has 0 heterocycles. The maximum Gasteiger partial charge on any atom is 0.316 e. The lowest BCUT2D eigenvalue weighted by Gasteiger charge is -2.44. The first-order chi connectivity index (χ1) is 11.2. The van der Waals surface area contributed by atoms with Crippen molar-refractivity contribution in [1.82, 2.24) is 0 Å². The van der Waals surface area contributed by atoms with Gasteiger partial charge >= 0.3 is 5.97 Å². The van der Waals surface area contributed by atoms with Crippen LogP contribution >= 0.6 is 0 Å². The number of esters is 1. The fourth-order valence-electron chi connectivity index (χ4n) is 3.78. The van der Waals surface area contributed by atoms with Crippen LogP contribution in [0.2, 0.25) is 0 Å². The highest BCUT2D eigenvalue weighted by molar-refractivity contribution is 5.97. The van der Waals surface area contributed by atoms with Gasteiger partial charge in [-0.15, -0.1) is 0 Å². The van der Waals surface area contributed by atoms with Crippen molar-refractivity contribution in [2.75, 3.05) is 0 Å². The van der Waals surface area contributed by atoms with Crippen LogP contribution in [0.4, 0.5) is 0 Å². The smallest absolute Gasteiger partial charge is 0.316 e. The molecule has 0 spiro atoms. The van der Waals surface area contributed by atoms with Gasteiger partial charge in [-0.1, -0.05) is 57.5 Å². The fourth-order valence-corrected chi connectivity index (χ4v) is 3.78. The zero-order chi connectivity index (χ0) is 17.9. The highest BCUT2D eigenvalue weighted by Crippen LogP contribution is 2.43. The van der Waals surface area contributed by atoms with E-state index in [1.807, 2.05) is 6.07 Å². The van der Waals surface area contributed by atoms with E-state index < -0.39 is 5.92 Å². The predicted octanol–water partition coefficient (Wildman–Crippen LogP) is 4.54. The standard InChI is InChI=1S/C21H30O3/c1-14-11-12-18(21(4,5)17-9-7-6-8-10-17)19(13-14)24-20(23)15(2)16(3)22/h6-10,14-15,18-19H,11-13H2,1-5H3/t14-,15+,18-,19-/m1/s1. The van der Waals surface area contributed by atoms with E-state index in [2.05, 4.69) is 45.0 Å². The third-order valence-electron chi connectivity index (χ3n) is 5.73. The molecule has 0 radical (unpaired) electrons. The van der Waals surface area contributed by atoms with Gasteiger partial charge in [-0.2, -0.15) is 0 Å². The topological polar surface area (TPSA) is 43.4 Å². The third kappa shape index (κ3) is 4.06. The molecule has 1 saturated carbocycles. The molecule has 2 rings (SSSR count). The molecule has 0 aliphatic heterocycles.